The van der Waals surface area contributed by atoms with Gasteiger partial charge in [0.2, 0.25) is 0 Å². The highest BCUT2D eigenvalue weighted by atomic mass is 16.5. The van der Waals surface area contributed by atoms with Crippen molar-refractivity contribution >= 4 is 0 Å². The van der Waals surface area contributed by atoms with Crippen molar-refractivity contribution in [3.05, 3.63) is 12.2 Å². The van der Waals surface area contributed by atoms with Crippen LogP contribution in [0.15, 0.2) is 12.2 Å². The maximum Gasteiger partial charge on any atom is 0.0613 e. The van der Waals surface area contributed by atoms with E-state index in [1.807, 2.05) is 0 Å². The van der Waals surface area contributed by atoms with Crippen LogP contribution in [-0.4, -0.2) is 25.3 Å². The van der Waals surface area contributed by atoms with Crippen LogP contribution < -0.4 is 5.32 Å². The molecular weight excluding hydrogens is 222 g/mol. The quantitative estimate of drug-likeness (QED) is 0.756. The summed E-state index contributed by atoms with van der Waals surface area (Å²) in [6.07, 6.45) is 10.6. The van der Waals surface area contributed by atoms with Crippen molar-refractivity contribution in [1.29, 1.82) is 0 Å². The molecule has 2 aliphatic carbocycles. The minimum atomic E-state index is 0.504. The summed E-state index contributed by atoms with van der Waals surface area (Å²) in [7, 11) is 0. The molecule has 0 amide bonds. The number of hydrogen-bond donors (Lipinski definition) is 1. The molecule has 1 saturated carbocycles. The maximum atomic E-state index is 5.77. The third-order valence-corrected chi connectivity index (χ3v) is 5.42. The molecule has 6 unspecified atom stereocenters. The summed E-state index contributed by atoms with van der Waals surface area (Å²) in [5.74, 6) is 3.37. The average Bonchev–Trinajstić information content (AvgIpc) is 3.10. The summed E-state index contributed by atoms with van der Waals surface area (Å²) in [6.45, 7) is 6.75. The van der Waals surface area contributed by atoms with Crippen molar-refractivity contribution in [2.45, 2.75) is 51.7 Å². The molecule has 1 aliphatic heterocycles. The van der Waals surface area contributed by atoms with Crippen molar-refractivity contribution in [1.82, 2.24) is 5.32 Å². The summed E-state index contributed by atoms with van der Waals surface area (Å²) in [4.78, 5) is 0. The van der Waals surface area contributed by atoms with Crippen LogP contribution in [0, 0.1) is 23.7 Å². The van der Waals surface area contributed by atoms with Gasteiger partial charge < -0.3 is 10.1 Å². The first-order valence-corrected chi connectivity index (χ1v) is 7.81. The lowest BCUT2D eigenvalue weighted by molar-refractivity contribution is 0.0859. The Kier molecular flexibility index (Phi) is 3.76. The molecule has 2 nitrogen and oxygen atoms in total. The molecule has 0 aromatic carbocycles. The Morgan fingerprint density at radius 1 is 1.33 bits per heavy atom. The van der Waals surface area contributed by atoms with Gasteiger partial charge in [-0.05, 0) is 56.3 Å². The van der Waals surface area contributed by atoms with Gasteiger partial charge >= 0.3 is 0 Å². The largest absolute Gasteiger partial charge is 0.378 e. The predicted molar refractivity (Wildman–Crippen MR) is 74.4 cm³/mol. The second kappa shape index (κ2) is 5.34. The Bertz CT molecular complexity index is 314. The molecule has 1 heterocycles. The monoisotopic (exact) mass is 249 g/mol. The molecule has 1 N–H and O–H groups in total. The zero-order valence-corrected chi connectivity index (χ0v) is 11.8. The molecule has 18 heavy (non-hydrogen) atoms. The van der Waals surface area contributed by atoms with Crippen LogP contribution in [0.3, 0.4) is 0 Å². The van der Waals surface area contributed by atoms with Gasteiger partial charge in [0.05, 0.1) is 6.10 Å². The van der Waals surface area contributed by atoms with Gasteiger partial charge in [-0.15, -0.1) is 0 Å². The van der Waals surface area contributed by atoms with Gasteiger partial charge in [-0.1, -0.05) is 19.1 Å². The Morgan fingerprint density at radius 3 is 2.89 bits per heavy atom. The molecule has 102 valence electrons. The van der Waals surface area contributed by atoms with E-state index in [9.17, 15) is 0 Å². The summed E-state index contributed by atoms with van der Waals surface area (Å²) in [5.41, 5.74) is 0. The van der Waals surface area contributed by atoms with E-state index in [-0.39, 0.29) is 0 Å². The summed E-state index contributed by atoms with van der Waals surface area (Å²) in [5, 5.41) is 3.80. The molecule has 2 heteroatoms. The van der Waals surface area contributed by atoms with Gasteiger partial charge in [0.15, 0.2) is 0 Å². The topological polar surface area (TPSA) is 21.3 Å². The fourth-order valence-electron chi connectivity index (χ4n) is 4.26. The standard InChI is InChI=1S/C16H27NO/c1-3-16-14(6-7-18-16)10-17-11(2)15-9-12-4-5-13(15)8-12/h4-5,11-17H,3,6-10H2,1-2H3. The van der Waals surface area contributed by atoms with Crippen LogP contribution in [0.5, 0.6) is 0 Å². The first-order chi connectivity index (χ1) is 8.78. The van der Waals surface area contributed by atoms with Gasteiger partial charge in [0.25, 0.3) is 0 Å². The van der Waals surface area contributed by atoms with Gasteiger partial charge in [0, 0.05) is 19.2 Å². The Morgan fingerprint density at radius 2 is 2.22 bits per heavy atom. The van der Waals surface area contributed by atoms with E-state index in [4.69, 9.17) is 4.74 Å². The van der Waals surface area contributed by atoms with Crippen molar-refractivity contribution in [3.63, 3.8) is 0 Å². The van der Waals surface area contributed by atoms with E-state index < -0.39 is 0 Å². The molecule has 3 rings (SSSR count). The Balaban J connectivity index is 1.47. The van der Waals surface area contributed by atoms with Gasteiger partial charge in [-0.25, -0.2) is 0 Å². The lowest BCUT2D eigenvalue weighted by atomic mass is 9.87. The second-order valence-electron chi connectivity index (χ2n) is 6.51. The van der Waals surface area contributed by atoms with Gasteiger partial charge in [-0.2, -0.15) is 0 Å². The van der Waals surface area contributed by atoms with E-state index in [2.05, 4.69) is 31.3 Å². The minimum absolute atomic E-state index is 0.504. The molecule has 0 aromatic heterocycles. The van der Waals surface area contributed by atoms with E-state index in [1.54, 1.807) is 0 Å². The number of fused-ring (bicyclic) bond motifs is 2. The number of ether oxygens (including phenoxy) is 1. The van der Waals surface area contributed by atoms with E-state index >= 15 is 0 Å². The highest BCUT2D eigenvalue weighted by Crippen LogP contribution is 2.44. The van der Waals surface area contributed by atoms with Crippen LogP contribution in [0.2, 0.25) is 0 Å². The second-order valence-corrected chi connectivity index (χ2v) is 6.51. The Labute approximate surface area is 111 Å². The molecular formula is C16H27NO. The van der Waals surface area contributed by atoms with Crippen LogP contribution >= 0.6 is 0 Å². The first-order valence-electron chi connectivity index (χ1n) is 7.81. The highest BCUT2D eigenvalue weighted by molar-refractivity contribution is 5.11. The zero-order chi connectivity index (χ0) is 12.5. The number of nitrogens with one attached hydrogen (secondary N) is 1. The fourth-order valence-corrected chi connectivity index (χ4v) is 4.26. The maximum absolute atomic E-state index is 5.77. The Hall–Kier alpha value is -0.340. The smallest absolute Gasteiger partial charge is 0.0613 e. The van der Waals surface area contributed by atoms with Crippen LogP contribution in [0.1, 0.15) is 39.5 Å². The third-order valence-electron chi connectivity index (χ3n) is 5.42. The lowest BCUT2D eigenvalue weighted by Crippen LogP contribution is -2.39. The van der Waals surface area contributed by atoms with Crippen molar-refractivity contribution in [2.75, 3.05) is 13.2 Å². The van der Waals surface area contributed by atoms with E-state index in [0.717, 1.165) is 43.2 Å². The van der Waals surface area contributed by atoms with E-state index in [0.29, 0.717) is 12.1 Å². The molecule has 2 fully saturated rings. The highest BCUT2D eigenvalue weighted by Gasteiger charge is 2.38. The van der Waals surface area contributed by atoms with Crippen molar-refractivity contribution in [3.8, 4) is 0 Å². The molecule has 6 atom stereocenters. The molecule has 0 spiro atoms. The van der Waals surface area contributed by atoms with Gasteiger partial charge in [-0.3, -0.25) is 0 Å². The summed E-state index contributed by atoms with van der Waals surface area (Å²) in [6, 6.07) is 0.669. The minimum Gasteiger partial charge on any atom is -0.378 e. The van der Waals surface area contributed by atoms with Crippen molar-refractivity contribution < 1.29 is 4.74 Å². The molecule has 0 aromatic rings. The molecule has 3 aliphatic rings. The third kappa shape index (κ3) is 2.37. The van der Waals surface area contributed by atoms with Crippen LogP contribution in [-0.2, 0) is 4.74 Å². The van der Waals surface area contributed by atoms with Gasteiger partial charge in [0.1, 0.15) is 0 Å². The summed E-state index contributed by atoms with van der Waals surface area (Å²) >= 11 is 0. The van der Waals surface area contributed by atoms with Crippen LogP contribution in [0.4, 0.5) is 0 Å². The fraction of sp³-hybridized carbons (Fsp3) is 0.875. The number of allylic oxidation sites excluding steroid dienone is 2. The SMILES string of the molecule is CCC1OCCC1CNC(C)C1CC2C=CC1C2. The predicted octanol–water partition coefficient (Wildman–Crippen LogP) is 2.99. The van der Waals surface area contributed by atoms with Crippen LogP contribution in [0.25, 0.3) is 0 Å². The van der Waals surface area contributed by atoms with Crippen molar-refractivity contribution in [2.24, 2.45) is 23.7 Å². The zero-order valence-electron chi connectivity index (χ0n) is 11.8. The number of hydrogen-bond acceptors (Lipinski definition) is 2. The molecule has 0 radical (unpaired) electrons. The summed E-state index contributed by atoms with van der Waals surface area (Å²) < 4.78 is 5.77. The average molecular weight is 249 g/mol. The molecule has 1 saturated heterocycles. The normalized spacial score (nSPS) is 43.8. The number of rotatable bonds is 5. The van der Waals surface area contributed by atoms with E-state index in [1.165, 1.54) is 19.3 Å². The lowest BCUT2D eigenvalue weighted by Gasteiger charge is -2.28. The first kappa shape index (κ1) is 12.7. The molecule has 2 bridgehead atoms.